The Balaban J connectivity index is 2.35. The summed E-state index contributed by atoms with van der Waals surface area (Å²) in [6.07, 6.45) is 7.45. The number of carbonyl (C=O) groups is 1. The standard InChI is InChI=1S/C12H24N2O/c1-2-3-8-12(15)14(10-5-9-13)11-6-4-7-11/h11H,2-10,13H2,1H3. The third-order valence-electron chi connectivity index (χ3n) is 3.18. The van der Waals surface area contributed by atoms with Gasteiger partial charge in [0.15, 0.2) is 0 Å². The molecule has 1 amide bonds. The average molecular weight is 212 g/mol. The van der Waals surface area contributed by atoms with Gasteiger partial charge >= 0.3 is 0 Å². The molecule has 0 saturated heterocycles. The largest absolute Gasteiger partial charge is 0.340 e. The van der Waals surface area contributed by atoms with Crippen LogP contribution < -0.4 is 5.73 Å². The van der Waals surface area contributed by atoms with Gasteiger partial charge in [0, 0.05) is 19.0 Å². The number of hydrogen-bond donors (Lipinski definition) is 1. The van der Waals surface area contributed by atoms with Crippen molar-refractivity contribution in [1.82, 2.24) is 4.90 Å². The lowest BCUT2D eigenvalue weighted by Gasteiger charge is -2.37. The van der Waals surface area contributed by atoms with E-state index in [2.05, 4.69) is 11.8 Å². The van der Waals surface area contributed by atoms with Crippen LogP contribution in [-0.4, -0.2) is 29.9 Å². The summed E-state index contributed by atoms with van der Waals surface area (Å²) in [5, 5.41) is 0. The second kappa shape index (κ2) is 6.83. The van der Waals surface area contributed by atoms with Gasteiger partial charge in [-0.2, -0.15) is 0 Å². The summed E-state index contributed by atoms with van der Waals surface area (Å²) < 4.78 is 0. The number of hydrogen-bond acceptors (Lipinski definition) is 2. The van der Waals surface area contributed by atoms with Crippen LogP contribution in [-0.2, 0) is 4.79 Å². The van der Waals surface area contributed by atoms with E-state index in [4.69, 9.17) is 5.73 Å². The van der Waals surface area contributed by atoms with E-state index < -0.39 is 0 Å². The van der Waals surface area contributed by atoms with Crippen LogP contribution in [0.3, 0.4) is 0 Å². The highest BCUT2D eigenvalue weighted by atomic mass is 16.2. The zero-order chi connectivity index (χ0) is 11.1. The lowest BCUT2D eigenvalue weighted by molar-refractivity contribution is -0.135. The third kappa shape index (κ3) is 3.82. The minimum Gasteiger partial charge on any atom is -0.340 e. The number of nitrogens with two attached hydrogens (primary N) is 1. The summed E-state index contributed by atoms with van der Waals surface area (Å²) in [5.41, 5.74) is 5.50. The highest BCUT2D eigenvalue weighted by Gasteiger charge is 2.27. The maximum atomic E-state index is 11.9. The maximum Gasteiger partial charge on any atom is 0.222 e. The predicted molar refractivity (Wildman–Crippen MR) is 62.5 cm³/mol. The molecule has 1 fully saturated rings. The first kappa shape index (κ1) is 12.5. The molecule has 1 rings (SSSR count). The Labute approximate surface area is 93.0 Å². The van der Waals surface area contributed by atoms with Crippen LogP contribution in [0.4, 0.5) is 0 Å². The summed E-state index contributed by atoms with van der Waals surface area (Å²) in [7, 11) is 0. The number of carbonyl (C=O) groups excluding carboxylic acids is 1. The second-order valence-corrected chi connectivity index (χ2v) is 4.42. The van der Waals surface area contributed by atoms with Crippen molar-refractivity contribution in [3.8, 4) is 0 Å². The first-order valence-corrected chi connectivity index (χ1v) is 6.29. The van der Waals surface area contributed by atoms with Crippen molar-refractivity contribution >= 4 is 5.91 Å². The van der Waals surface area contributed by atoms with Crippen molar-refractivity contribution < 1.29 is 4.79 Å². The van der Waals surface area contributed by atoms with Crippen molar-refractivity contribution in [2.75, 3.05) is 13.1 Å². The van der Waals surface area contributed by atoms with Gasteiger partial charge < -0.3 is 10.6 Å². The molecule has 0 aliphatic heterocycles. The number of amides is 1. The molecule has 0 aromatic rings. The summed E-state index contributed by atoms with van der Waals surface area (Å²) in [5.74, 6) is 0.343. The van der Waals surface area contributed by atoms with Crippen molar-refractivity contribution in [2.45, 2.75) is 57.9 Å². The predicted octanol–water partition coefficient (Wildman–Crippen LogP) is 1.91. The van der Waals surface area contributed by atoms with Crippen LogP contribution in [0.25, 0.3) is 0 Å². The molecule has 0 unspecified atom stereocenters. The topological polar surface area (TPSA) is 46.3 Å². The average Bonchev–Trinajstić information content (AvgIpc) is 2.17. The van der Waals surface area contributed by atoms with Crippen molar-refractivity contribution in [2.24, 2.45) is 5.73 Å². The monoisotopic (exact) mass is 212 g/mol. The van der Waals surface area contributed by atoms with Gasteiger partial charge in [0.1, 0.15) is 0 Å². The van der Waals surface area contributed by atoms with Crippen molar-refractivity contribution in [3.05, 3.63) is 0 Å². The quantitative estimate of drug-likeness (QED) is 0.700. The first-order valence-electron chi connectivity index (χ1n) is 6.29. The van der Waals surface area contributed by atoms with Gasteiger partial charge in [-0.3, -0.25) is 4.79 Å². The van der Waals surface area contributed by atoms with E-state index >= 15 is 0 Å². The first-order chi connectivity index (χ1) is 7.29. The zero-order valence-electron chi connectivity index (χ0n) is 9.87. The Morgan fingerprint density at radius 3 is 2.60 bits per heavy atom. The normalized spacial score (nSPS) is 16.1. The Hall–Kier alpha value is -0.570. The molecule has 1 aliphatic rings. The molecule has 0 radical (unpaired) electrons. The van der Waals surface area contributed by atoms with E-state index in [1.54, 1.807) is 0 Å². The van der Waals surface area contributed by atoms with E-state index in [1.165, 1.54) is 19.3 Å². The van der Waals surface area contributed by atoms with Gasteiger partial charge in [-0.05, 0) is 38.6 Å². The summed E-state index contributed by atoms with van der Waals surface area (Å²) in [6.45, 7) is 3.68. The Morgan fingerprint density at radius 1 is 1.40 bits per heavy atom. The fraction of sp³-hybridized carbons (Fsp3) is 0.917. The fourth-order valence-electron chi connectivity index (χ4n) is 1.94. The molecular weight excluding hydrogens is 188 g/mol. The molecule has 2 N–H and O–H groups in total. The maximum absolute atomic E-state index is 11.9. The van der Waals surface area contributed by atoms with Crippen molar-refractivity contribution in [1.29, 1.82) is 0 Å². The third-order valence-corrected chi connectivity index (χ3v) is 3.18. The van der Waals surface area contributed by atoms with Gasteiger partial charge in [0.2, 0.25) is 5.91 Å². The summed E-state index contributed by atoms with van der Waals surface area (Å²) >= 11 is 0. The van der Waals surface area contributed by atoms with E-state index in [9.17, 15) is 4.79 Å². The van der Waals surface area contributed by atoms with Gasteiger partial charge in [-0.25, -0.2) is 0 Å². The molecule has 1 saturated carbocycles. The lowest BCUT2D eigenvalue weighted by atomic mass is 9.91. The molecule has 0 aromatic carbocycles. The summed E-state index contributed by atoms with van der Waals surface area (Å²) in [6, 6.07) is 0.529. The zero-order valence-corrected chi connectivity index (χ0v) is 9.87. The molecule has 0 bridgehead atoms. The van der Waals surface area contributed by atoms with Crippen LogP contribution in [0.5, 0.6) is 0 Å². The van der Waals surface area contributed by atoms with Gasteiger partial charge in [-0.1, -0.05) is 13.3 Å². The minimum absolute atomic E-state index is 0.343. The second-order valence-electron chi connectivity index (χ2n) is 4.42. The van der Waals surface area contributed by atoms with Gasteiger partial charge in [0.25, 0.3) is 0 Å². The van der Waals surface area contributed by atoms with Crippen LogP contribution in [0.2, 0.25) is 0 Å². The number of nitrogens with zero attached hydrogens (tertiary/aromatic N) is 1. The van der Waals surface area contributed by atoms with Gasteiger partial charge in [-0.15, -0.1) is 0 Å². The molecule has 0 atom stereocenters. The highest BCUT2D eigenvalue weighted by molar-refractivity contribution is 5.76. The molecule has 88 valence electrons. The van der Waals surface area contributed by atoms with E-state index in [-0.39, 0.29) is 0 Å². The molecule has 3 nitrogen and oxygen atoms in total. The van der Waals surface area contributed by atoms with E-state index in [0.29, 0.717) is 18.5 Å². The van der Waals surface area contributed by atoms with Crippen LogP contribution in [0.1, 0.15) is 51.9 Å². The molecular formula is C12H24N2O. The van der Waals surface area contributed by atoms with Crippen LogP contribution in [0, 0.1) is 0 Å². The molecule has 3 heteroatoms. The molecule has 0 spiro atoms. The van der Waals surface area contributed by atoms with Gasteiger partial charge in [0.05, 0.1) is 0 Å². The molecule has 15 heavy (non-hydrogen) atoms. The lowest BCUT2D eigenvalue weighted by Crippen LogP contribution is -2.45. The Bertz CT molecular complexity index is 190. The summed E-state index contributed by atoms with van der Waals surface area (Å²) in [4.78, 5) is 14.0. The number of unbranched alkanes of at least 4 members (excludes halogenated alkanes) is 1. The van der Waals surface area contributed by atoms with E-state index in [1.807, 2.05) is 0 Å². The highest BCUT2D eigenvalue weighted by Crippen LogP contribution is 2.25. The smallest absolute Gasteiger partial charge is 0.222 e. The Kier molecular flexibility index (Phi) is 5.69. The molecule has 0 aromatic heterocycles. The molecule has 1 aliphatic carbocycles. The molecule has 0 heterocycles. The number of rotatable bonds is 7. The SMILES string of the molecule is CCCCC(=O)N(CCCN)C1CCC1. The fourth-order valence-corrected chi connectivity index (χ4v) is 1.94. The van der Waals surface area contributed by atoms with Crippen LogP contribution in [0.15, 0.2) is 0 Å². The minimum atomic E-state index is 0.343. The van der Waals surface area contributed by atoms with Crippen LogP contribution >= 0.6 is 0 Å². The van der Waals surface area contributed by atoms with E-state index in [0.717, 1.165) is 32.2 Å². The van der Waals surface area contributed by atoms with Crippen molar-refractivity contribution in [3.63, 3.8) is 0 Å². The Morgan fingerprint density at radius 2 is 2.13 bits per heavy atom.